The number of rotatable bonds is 5. The zero-order chi connectivity index (χ0) is 17.8. The predicted octanol–water partition coefficient (Wildman–Crippen LogP) is 5.47. The van der Waals surface area contributed by atoms with Crippen LogP contribution in [0.25, 0.3) is 12.2 Å². The van der Waals surface area contributed by atoms with Crippen LogP contribution >= 0.6 is 39.1 Å². The van der Waals surface area contributed by atoms with E-state index < -0.39 is 0 Å². The molecule has 0 unspecified atom stereocenters. The van der Waals surface area contributed by atoms with Gasteiger partial charge in [0.05, 0.1) is 14.5 Å². The molecule has 0 saturated carbocycles. The topological polar surface area (TPSA) is 74.2 Å². The lowest BCUT2D eigenvalue weighted by molar-refractivity contribution is 0.304. The van der Waals surface area contributed by atoms with Gasteiger partial charge in [-0.25, -0.2) is 0 Å². The van der Waals surface area contributed by atoms with Gasteiger partial charge in [0.2, 0.25) is 5.89 Å². The zero-order valence-electron chi connectivity index (χ0n) is 12.7. The summed E-state index contributed by atoms with van der Waals surface area (Å²) < 4.78 is 11.7. The average Bonchev–Trinajstić information content (AvgIpc) is 3.00. The molecular formula is C17H12BrCl2N3O2. The van der Waals surface area contributed by atoms with Crippen molar-refractivity contribution in [3.63, 3.8) is 0 Å². The summed E-state index contributed by atoms with van der Waals surface area (Å²) in [5.41, 5.74) is 7.24. The van der Waals surface area contributed by atoms with E-state index in [1.165, 1.54) is 0 Å². The van der Waals surface area contributed by atoms with Crippen LogP contribution in [0.2, 0.25) is 10.0 Å². The lowest BCUT2D eigenvalue weighted by Gasteiger charge is -2.09. The van der Waals surface area contributed by atoms with Gasteiger partial charge in [0.25, 0.3) is 0 Å². The van der Waals surface area contributed by atoms with Crippen LogP contribution in [0.15, 0.2) is 45.3 Å². The van der Waals surface area contributed by atoms with Crippen LogP contribution < -0.4 is 10.5 Å². The van der Waals surface area contributed by atoms with Gasteiger partial charge >= 0.3 is 6.01 Å². The first-order chi connectivity index (χ1) is 12.0. The molecule has 25 heavy (non-hydrogen) atoms. The number of ether oxygens (including phenoxy) is 1. The quantitative estimate of drug-likeness (QED) is 0.569. The minimum Gasteiger partial charge on any atom is -0.488 e. The van der Waals surface area contributed by atoms with E-state index in [4.69, 9.17) is 38.1 Å². The molecule has 0 amide bonds. The van der Waals surface area contributed by atoms with Crippen molar-refractivity contribution in [2.24, 2.45) is 0 Å². The Morgan fingerprint density at radius 3 is 2.60 bits per heavy atom. The van der Waals surface area contributed by atoms with E-state index in [9.17, 15) is 0 Å². The molecule has 0 aliphatic heterocycles. The van der Waals surface area contributed by atoms with Crippen molar-refractivity contribution < 1.29 is 9.15 Å². The van der Waals surface area contributed by atoms with E-state index >= 15 is 0 Å². The summed E-state index contributed by atoms with van der Waals surface area (Å²) in [7, 11) is 0. The first-order valence-electron chi connectivity index (χ1n) is 7.14. The third-order valence-corrected chi connectivity index (χ3v) is 4.57. The molecule has 2 aromatic carbocycles. The van der Waals surface area contributed by atoms with Crippen LogP contribution in [0.5, 0.6) is 5.75 Å². The molecular weight excluding hydrogens is 429 g/mol. The van der Waals surface area contributed by atoms with Gasteiger partial charge in [-0.05, 0) is 57.4 Å². The zero-order valence-corrected chi connectivity index (χ0v) is 15.8. The van der Waals surface area contributed by atoms with Crippen LogP contribution in [0, 0.1) is 0 Å². The Morgan fingerprint density at radius 1 is 1.08 bits per heavy atom. The molecule has 5 nitrogen and oxygen atoms in total. The fourth-order valence-electron chi connectivity index (χ4n) is 2.01. The van der Waals surface area contributed by atoms with Crippen molar-refractivity contribution in [2.45, 2.75) is 6.61 Å². The summed E-state index contributed by atoms with van der Waals surface area (Å²) in [6.07, 6.45) is 3.52. The normalized spacial score (nSPS) is 11.2. The molecule has 0 bridgehead atoms. The number of benzene rings is 2. The number of nitrogens with two attached hydrogens (primary N) is 1. The Bertz CT molecular complexity index is 928. The number of hydrogen-bond acceptors (Lipinski definition) is 5. The number of nitrogen functional groups attached to an aromatic ring is 1. The van der Waals surface area contributed by atoms with E-state index in [0.717, 1.165) is 15.6 Å². The predicted molar refractivity (Wildman–Crippen MR) is 103 cm³/mol. The summed E-state index contributed by atoms with van der Waals surface area (Å²) >= 11 is 15.4. The molecule has 3 rings (SSSR count). The van der Waals surface area contributed by atoms with Crippen LogP contribution in [0.4, 0.5) is 6.01 Å². The highest BCUT2D eigenvalue weighted by Crippen LogP contribution is 2.28. The third-order valence-electron chi connectivity index (χ3n) is 3.21. The van der Waals surface area contributed by atoms with E-state index in [0.29, 0.717) is 28.3 Å². The highest BCUT2D eigenvalue weighted by molar-refractivity contribution is 9.10. The van der Waals surface area contributed by atoms with Gasteiger partial charge in [-0.3, -0.25) is 0 Å². The second-order valence-electron chi connectivity index (χ2n) is 5.04. The van der Waals surface area contributed by atoms with Crippen LogP contribution in [-0.2, 0) is 6.61 Å². The Balaban J connectivity index is 1.67. The standard InChI is InChI=1S/C17H12BrCl2N3O2/c18-12-7-10(3-6-16-22-23-17(21)25-16)2-5-15(12)24-9-11-1-4-13(19)14(20)8-11/h1-8H,9H2,(H2,21,23)/b6-3+. The number of aromatic nitrogens is 2. The molecule has 0 aliphatic rings. The minimum atomic E-state index is 0.0341. The molecule has 0 fully saturated rings. The average molecular weight is 441 g/mol. The van der Waals surface area contributed by atoms with Crippen molar-refractivity contribution in [3.05, 3.63) is 67.9 Å². The molecule has 0 radical (unpaired) electrons. The minimum absolute atomic E-state index is 0.0341. The highest BCUT2D eigenvalue weighted by atomic mass is 79.9. The monoisotopic (exact) mass is 439 g/mol. The van der Waals surface area contributed by atoms with Gasteiger partial charge in [-0.1, -0.05) is 40.4 Å². The van der Waals surface area contributed by atoms with Crippen LogP contribution in [-0.4, -0.2) is 10.2 Å². The maximum atomic E-state index is 6.01. The van der Waals surface area contributed by atoms with E-state index in [-0.39, 0.29) is 6.01 Å². The summed E-state index contributed by atoms with van der Waals surface area (Å²) in [5.74, 6) is 1.05. The van der Waals surface area contributed by atoms with E-state index in [1.54, 1.807) is 18.2 Å². The second-order valence-corrected chi connectivity index (χ2v) is 6.71. The van der Waals surface area contributed by atoms with Gasteiger partial charge in [0, 0.05) is 6.08 Å². The van der Waals surface area contributed by atoms with Crippen molar-refractivity contribution >= 4 is 57.3 Å². The summed E-state index contributed by atoms with van der Waals surface area (Å²) in [6, 6.07) is 11.1. The summed E-state index contributed by atoms with van der Waals surface area (Å²) in [4.78, 5) is 0. The van der Waals surface area contributed by atoms with Gasteiger partial charge < -0.3 is 14.9 Å². The fourth-order valence-corrected chi connectivity index (χ4v) is 2.84. The first kappa shape index (κ1) is 17.8. The lowest BCUT2D eigenvalue weighted by atomic mass is 10.2. The van der Waals surface area contributed by atoms with E-state index in [2.05, 4.69) is 26.1 Å². The maximum Gasteiger partial charge on any atom is 0.313 e. The van der Waals surface area contributed by atoms with Gasteiger partial charge in [0.15, 0.2) is 0 Å². The molecule has 2 N–H and O–H groups in total. The lowest BCUT2D eigenvalue weighted by Crippen LogP contribution is -1.96. The number of anilines is 1. The van der Waals surface area contributed by atoms with Crippen LogP contribution in [0.3, 0.4) is 0 Å². The Labute approximate surface area is 162 Å². The fraction of sp³-hybridized carbons (Fsp3) is 0.0588. The molecule has 3 aromatic rings. The van der Waals surface area contributed by atoms with E-state index in [1.807, 2.05) is 30.3 Å². The molecule has 0 aliphatic carbocycles. The van der Waals surface area contributed by atoms with Crippen molar-refractivity contribution in [3.8, 4) is 5.75 Å². The Hall–Kier alpha value is -2.02. The molecule has 0 atom stereocenters. The molecule has 8 heteroatoms. The van der Waals surface area contributed by atoms with Gasteiger partial charge in [-0.15, -0.1) is 5.10 Å². The summed E-state index contributed by atoms with van der Waals surface area (Å²) in [6.45, 7) is 0.381. The smallest absolute Gasteiger partial charge is 0.313 e. The maximum absolute atomic E-state index is 6.01. The SMILES string of the molecule is Nc1nnc(/C=C/c2ccc(OCc3ccc(Cl)c(Cl)c3)c(Br)c2)o1. The molecule has 1 aromatic heterocycles. The molecule has 0 spiro atoms. The van der Waals surface area contributed by atoms with Crippen molar-refractivity contribution in [1.29, 1.82) is 0 Å². The number of halogens is 3. The molecule has 0 saturated heterocycles. The first-order valence-corrected chi connectivity index (χ1v) is 8.69. The van der Waals surface area contributed by atoms with Crippen LogP contribution in [0.1, 0.15) is 17.0 Å². The largest absolute Gasteiger partial charge is 0.488 e. The highest BCUT2D eigenvalue weighted by Gasteiger charge is 2.05. The molecule has 128 valence electrons. The van der Waals surface area contributed by atoms with Crippen molar-refractivity contribution in [2.75, 3.05) is 5.73 Å². The Kier molecular flexibility index (Phi) is 5.63. The molecule has 1 heterocycles. The third kappa shape index (κ3) is 4.75. The van der Waals surface area contributed by atoms with Gasteiger partial charge in [0.1, 0.15) is 12.4 Å². The summed E-state index contributed by atoms with van der Waals surface area (Å²) in [5, 5.41) is 8.37. The second kappa shape index (κ2) is 7.91. The van der Waals surface area contributed by atoms with Gasteiger partial charge in [-0.2, -0.15) is 0 Å². The van der Waals surface area contributed by atoms with Crippen molar-refractivity contribution in [1.82, 2.24) is 10.2 Å². The Morgan fingerprint density at radius 2 is 1.92 bits per heavy atom. The number of hydrogen-bond donors (Lipinski definition) is 1. The number of nitrogens with zero attached hydrogens (tertiary/aromatic N) is 2.